The van der Waals surface area contributed by atoms with Crippen LogP contribution in [-0.2, 0) is 6.18 Å². The second kappa shape index (κ2) is 3.64. The van der Waals surface area contributed by atoms with E-state index in [1.807, 2.05) is 4.93 Å². The molecule has 0 amide bonds. The topological polar surface area (TPSA) is 0 Å². The van der Waals surface area contributed by atoms with E-state index in [4.69, 9.17) is 0 Å². The summed E-state index contributed by atoms with van der Waals surface area (Å²) in [6, 6.07) is 5.38. The molecule has 1 aromatic rings. The fraction of sp³-hybridized carbons (Fsp3) is 0.250. The molecule has 0 heterocycles. The van der Waals surface area contributed by atoms with E-state index in [1.165, 1.54) is 0 Å². The van der Waals surface area contributed by atoms with Crippen LogP contribution in [0.25, 0.3) is 0 Å². The molecule has 1 rings (SSSR count). The van der Waals surface area contributed by atoms with Crippen LogP contribution >= 0.6 is 0 Å². The van der Waals surface area contributed by atoms with Gasteiger partial charge < -0.3 is 0 Å². The van der Waals surface area contributed by atoms with Crippen LogP contribution in [0.3, 0.4) is 0 Å². The van der Waals surface area contributed by atoms with Gasteiger partial charge in [0.15, 0.2) is 0 Å². The first-order valence-electron chi connectivity index (χ1n) is 3.21. The third kappa shape index (κ3) is 2.36. The average molecular weight is 287 g/mol. The van der Waals surface area contributed by atoms with Gasteiger partial charge in [-0.25, -0.2) is 0 Å². The molecule has 12 heavy (non-hydrogen) atoms. The van der Waals surface area contributed by atoms with Gasteiger partial charge in [-0.3, -0.25) is 0 Å². The van der Waals surface area contributed by atoms with Crippen LogP contribution in [0.4, 0.5) is 13.2 Å². The van der Waals surface area contributed by atoms with Gasteiger partial charge in [-0.2, -0.15) is 0 Å². The number of halogens is 4. The Bertz CT molecular complexity index is 250. The summed E-state index contributed by atoms with van der Waals surface area (Å²) in [6.07, 6.45) is -4.20. The Balaban J connectivity index is 2.93. The normalized spacial score (nSPS) is 12.0. The second-order valence-electron chi connectivity index (χ2n) is 2.19. The molecule has 4 heteroatoms. The molecule has 0 spiro atoms. The van der Waals surface area contributed by atoms with Gasteiger partial charge >= 0.3 is 78.9 Å². The van der Waals surface area contributed by atoms with E-state index in [-0.39, 0.29) is 21.2 Å². The van der Waals surface area contributed by atoms with Crippen LogP contribution in [0, 0.1) is 3.57 Å². The summed E-state index contributed by atoms with van der Waals surface area (Å²) >= 11 is -0.107. The van der Waals surface area contributed by atoms with Crippen molar-refractivity contribution in [1.82, 2.24) is 0 Å². The zero-order valence-corrected chi connectivity index (χ0v) is 8.48. The minimum atomic E-state index is -4.20. The van der Waals surface area contributed by atoms with Crippen molar-refractivity contribution >= 4 is 0 Å². The fourth-order valence-electron chi connectivity index (χ4n) is 0.765. The quantitative estimate of drug-likeness (QED) is 0.487. The number of hydrogen-bond donors (Lipinski definition) is 0. The van der Waals surface area contributed by atoms with Gasteiger partial charge in [0, 0.05) is 0 Å². The zero-order chi connectivity index (χ0) is 9.19. The van der Waals surface area contributed by atoms with Gasteiger partial charge in [-0.05, 0) is 0 Å². The molecular weight excluding hydrogens is 280 g/mol. The average Bonchev–Trinajstić information content (AvgIpc) is 2.03. The van der Waals surface area contributed by atoms with Gasteiger partial charge in [0.25, 0.3) is 0 Å². The molecule has 0 aromatic heterocycles. The van der Waals surface area contributed by atoms with Crippen molar-refractivity contribution in [2.75, 3.05) is 4.93 Å². The van der Waals surface area contributed by atoms with Crippen LogP contribution < -0.4 is 21.2 Å². The van der Waals surface area contributed by atoms with Crippen LogP contribution in [-0.4, -0.2) is 4.93 Å². The summed E-state index contributed by atoms with van der Waals surface area (Å²) < 4.78 is 37.1. The summed E-state index contributed by atoms with van der Waals surface area (Å²) in [7, 11) is 0. The van der Waals surface area contributed by atoms with Gasteiger partial charge in [0.2, 0.25) is 0 Å². The van der Waals surface area contributed by atoms with Crippen molar-refractivity contribution in [1.29, 1.82) is 0 Å². The molecule has 0 aliphatic rings. The predicted octanol–water partition coefficient (Wildman–Crippen LogP) is -0.406. The van der Waals surface area contributed by atoms with Crippen molar-refractivity contribution in [3.63, 3.8) is 0 Å². The van der Waals surface area contributed by atoms with Gasteiger partial charge in [0.05, 0.1) is 0 Å². The second-order valence-corrected chi connectivity index (χ2v) is 4.52. The molecule has 0 nitrogen and oxygen atoms in total. The minimum absolute atomic E-state index is 0.107. The first kappa shape index (κ1) is 9.83. The molecule has 0 N–H and O–H groups in total. The number of benzene rings is 1. The molecule has 0 saturated heterocycles. The third-order valence-electron chi connectivity index (χ3n) is 1.39. The van der Waals surface area contributed by atoms with E-state index in [9.17, 15) is 13.2 Å². The summed E-state index contributed by atoms with van der Waals surface area (Å²) in [6.45, 7) is 0. The van der Waals surface area contributed by atoms with Crippen molar-refractivity contribution in [3.8, 4) is 0 Å². The number of hydrogen-bond acceptors (Lipinski definition) is 0. The van der Waals surface area contributed by atoms with E-state index < -0.39 is 11.7 Å². The van der Waals surface area contributed by atoms with Gasteiger partial charge in [0.1, 0.15) is 0 Å². The Labute approximate surface area is 79.0 Å². The Morgan fingerprint density at radius 3 is 1.92 bits per heavy atom. The SMILES string of the molecule is C[I-]c1ccc(C(F)(F)F)cc1. The molecule has 1 aromatic carbocycles. The Hall–Kier alpha value is -0.260. The molecular formula is C8H7F3I-. The standard InChI is InChI=1S/C8H7F3I/c1-12-7-4-2-6(3-5-7)8(9,10)11/h2-5H,1H3/q-1. The first-order chi connectivity index (χ1) is 5.54. The molecule has 68 valence electrons. The van der Waals surface area contributed by atoms with Crippen molar-refractivity contribution < 1.29 is 34.4 Å². The van der Waals surface area contributed by atoms with Gasteiger partial charge in [-0.15, -0.1) is 0 Å². The van der Waals surface area contributed by atoms with Crippen LogP contribution in [0.2, 0.25) is 0 Å². The fourth-order valence-corrected chi connectivity index (χ4v) is 1.84. The van der Waals surface area contributed by atoms with E-state index >= 15 is 0 Å². The summed E-state index contributed by atoms with van der Waals surface area (Å²) in [5.74, 6) is 0. The van der Waals surface area contributed by atoms with Crippen molar-refractivity contribution in [2.24, 2.45) is 0 Å². The van der Waals surface area contributed by atoms with Crippen molar-refractivity contribution in [3.05, 3.63) is 33.4 Å². The number of alkyl halides is 4. The Morgan fingerprint density at radius 1 is 1.08 bits per heavy atom. The van der Waals surface area contributed by atoms with E-state index in [1.54, 1.807) is 12.1 Å². The molecule has 0 radical (unpaired) electrons. The monoisotopic (exact) mass is 287 g/mol. The summed E-state index contributed by atoms with van der Waals surface area (Å²) in [4.78, 5) is 2.02. The molecule has 0 aliphatic heterocycles. The zero-order valence-electron chi connectivity index (χ0n) is 6.32. The van der Waals surface area contributed by atoms with Crippen LogP contribution in [0.1, 0.15) is 5.56 Å². The molecule has 0 aliphatic carbocycles. The number of rotatable bonds is 1. The van der Waals surface area contributed by atoms with E-state index in [0.29, 0.717) is 0 Å². The predicted molar refractivity (Wildman–Crippen MR) is 36.1 cm³/mol. The summed E-state index contributed by atoms with van der Waals surface area (Å²) in [5, 5.41) is 0. The Morgan fingerprint density at radius 2 is 1.58 bits per heavy atom. The third-order valence-corrected chi connectivity index (χ3v) is 3.35. The molecule has 0 atom stereocenters. The van der Waals surface area contributed by atoms with Crippen LogP contribution in [0.15, 0.2) is 24.3 Å². The molecule has 0 fully saturated rings. The van der Waals surface area contributed by atoms with Gasteiger partial charge in [-0.1, -0.05) is 0 Å². The first-order valence-corrected chi connectivity index (χ1v) is 6.44. The summed E-state index contributed by atoms with van der Waals surface area (Å²) in [5.41, 5.74) is -0.566. The van der Waals surface area contributed by atoms with E-state index in [0.717, 1.165) is 15.7 Å². The molecule has 0 bridgehead atoms. The van der Waals surface area contributed by atoms with Crippen molar-refractivity contribution in [2.45, 2.75) is 6.18 Å². The van der Waals surface area contributed by atoms with E-state index in [2.05, 4.69) is 0 Å². The van der Waals surface area contributed by atoms with Crippen LogP contribution in [0.5, 0.6) is 0 Å². The maximum atomic E-state index is 12.0. The Kier molecular flexibility index (Phi) is 2.98. The molecule has 0 unspecified atom stereocenters. The molecule has 0 saturated carbocycles. The maximum absolute atomic E-state index is 12.0.